The Balaban J connectivity index is 1.80. The monoisotopic (exact) mass is 305 g/mol. The molecular formula is C18H31N3O. The summed E-state index contributed by atoms with van der Waals surface area (Å²) < 4.78 is 0. The third-order valence-electron chi connectivity index (χ3n) is 4.57. The van der Waals surface area contributed by atoms with Crippen molar-refractivity contribution in [2.24, 2.45) is 11.8 Å². The Morgan fingerprint density at radius 2 is 2.05 bits per heavy atom. The van der Waals surface area contributed by atoms with Crippen molar-refractivity contribution in [3.63, 3.8) is 0 Å². The summed E-state index contributed by atoms with van der Waals surface area (Å²) in [7, 11) is 1.93. The predicted octanol–water partition coefficient (Wildman–Crippen LogP) is 3.02. The van der Waals surface area contributed by atoms with Gasteiger partial charge in [0.2, 0.25) is 0 Å². The van der Waals surface area contributed by atoms with Crippen molar-refractivity contribution >= 4 is 5.91 Å². The van der Waals surface area contributed by atoms with Crippen LogP contribution in [0.4, 0.5) is 0 Å². The minimum absolute atomic E-state index is 0.115. The number of nitrogens with one attached hydrogen (secondary N) is 1. The van der Waals surface area contributed by atoms with Crippen LogP contribution in [0.2, 0.25) is 0 Å². The quantitative estimate of drug-likeness (QED) is 0.877. The number of nitrogens with zero attached hydrogens (tertiary/aromatic N) is 2. The van der Waals surface area contributed by atoms with E-state index in [1.54, 1.807) is 0 Å². The van der Waals surface area contributed by atoms with Crippen molar-refractivity contribution in [2.75, 3.05) is 33.2 Å². The smallest absolute Gasteiger partial charge is 0.270 e. The van der Waals surface area contributed by atoms with Gasteiger partial charge in [-0.1, -0.05) is 20.8 Å². The Labute approximate surface area is 134 Å². The van der Waals surface area contributed by atoms with Crippen LogP contribution in [0.1, 0.15) is 49.8 Å². The maximum Gasteiger partial charge on any atom is 0.270 e. The summed E-state index contributed by atoms with van der Waals surface area (Å²) in [6.07, 6.45) is 3.34. The van der Waals surface area contributed by atoms with Crippen molar-refractivity contribution in [3.8, 4) is 0 Å². The van der Waals surface area contributed by atoms with Gasteiger partial charge in [0.25, 0.3) is 5.91 Å². The van der Waals surface area contributed by atoms with Gasteiger partial charge in [-0.25, -0.2) is 0 Å². The van der Waals surface area contributed by atoms with E-state index < -0.39 is 0 Å². The molecule has 0 unspecified atom stereocenters. The second-order valence-electron chi connectivity index (χ2n) is 7.07. The number of carbonyl (C=O) groups is 1. The summed E-state index contributed by atoms with van der Waals surface area (Å²) in [5.74, 6) is 1.49. The molecule has 0 aromatic carbocycles. The van der Waals surface area contributed by atoms with Crippen LogP contribution < -0.4 is 0 Å². The maximum absolute atomic E-state index is 12.4. The molecule has 22 heavy (non-hydrogen) atoms. The molecule has 1 fully saturated rings. The van der Waals surface area contributed by atoms with Crippen LogP contribution in [0.5, 0.6) is 0 Å². The minimum Gasteiger partial charge on any atom is -0.354 e. The molecule has 1 N–H and O–H groups in total. The standard InChI is InChI=1S/C18H31N3O/c1-5-16-6-7-17(19-16)18(22)20(4)13-15-8-10-21(11-9-15)12-14(2)3/h6-7,14-15,19H,5,8-13H2,1-4H3. The summed E-state index contributed by atoms with van der Waals surface area (Å²) in [4.78, 5) is 20.1. The molecule has 0 aliphatic carbocycles. The molecule has 1 aromatic heterocycles. The molecule has 0 bridgehead atoms. The second-order valence-corrected chi connectivity index (χ2v) is 7.07. The van der Waals surface area contributed by atoms with E-state index in [-0.39, 0.29) is 5.91 Å². The number of piperidine rings is 1. The van der Waals surface area contributed by atoms with Gasteiger partial charge in [0.1, 0.15) is 5.69 Å². The van der Waals surface area contributed by atoms with Crippen molar-refractivity contribution in [2.45, 2.75) is 40.0 Å². The van der Waals surface area contributed by atoms with Gasteiger partial charge in [-0.15, -0.1) is 0 Å². The average Bonchev–Trinajstić information content (AvgIpc) is 2.97. The van der Waals surface area contributed by atoms with Crippen LogP contribution in [0, 0.1) is 11.8 Å². The van der Waals surface area contributed by atoms with Crippen LogP contribution in [0.25, 0.3) is 0 Å². The van der Waals surface area contributed by atoms with E-state index in [9.17, 15) is 4.79 Å². The SMILES string of the molecule is CCc1ccc(C(=O)N(C)CC2CCN(CC(C)C)CC2)[nH]1. The molecule has 4 heteroatoms. The van der Waals surface area contributed by atoms with Crippen molar-refractivity contribution in [1.82, 2.24) is 14.8 Å². The fourth-order valence-corrected chi connectivity index (χ4v) is 3.32. The van der Waals surface area contributed by atoms with Gasteiger partial charge in [-0.3, -0.25) is 4.79 Å². The molecule has 1 aliphatic heterocycles. The van der Waals surface area contributed by atoms with Gasteiger partial charge in [-0.2, -0.15) is 0 Å². The first-order valence-electron chi connectivity index (χ1n) is 8.65. The van der Waals surface area contributed by atoms with E-state index in [2.05, 4.69) is 30.7 Å². The highest BCUT2D eigenvalue weighted by atomic mass is 16.2. The van der Waals surface area contributed by atoms with Gasteiger partial charge in [-0.05, 0) is 56.3 Å². The predicted molar refractivity (Wildman–Crippen MR) is 91.1 cm³/mol. The highest BCUT2D eigenvalue weighted by molar-refractivity contribution is 5.92. The van der Waals surface area contributed by atoms with Crippen molar-refractivity contribution in [3.05, 3.63) is 23.5 Å². The topological polar surface area (TPSA) is 39.3 Å². The number of hydrogen-bond acceptors (Lipinski definition) is 2. The summed E-state index contributed by atoms with van der Waals surface area (Å²) in [5.41, 5.74) is 1.84. The van der Waals surface area contributed by atoms with E-state index in [1.165, 1.54) is 32.5 Å². The first-order chi connectivity index (χ1) is 10.5. The van der Waals surface area contributed by atoms with Crippen molar-refractivity contribution in [1.29, 1.82) is 0 Å². The average molecular weight is 305 g/mol. The number of aromatic nitrogens is 1. The second kappa shape index (κ2) is 7.82. The number of rotatable bonds is 6. The largest absolute Gasteiger partial charge is 0.354 e. The Morgan fingerprint density at radius 3 is 2.59 bits per heavy atom. The Hall–Kier alpha value is -1.29. The third kappa shape index (κ3) is 4.60. The normalized spacial score (nSPS) is 17.1. The zero-order valence-corrected chi connectivity index (χ0v) is 14.6. The maximum atomic E-state index is 12.4. The molecule has 1 aliphatic rings. The lowest BCUT2D eigenvalue weighted by molar-refractivity contribution is 0.0731. The lowest BCUT2D eigenvalue weighted by Gasteiger charge is -2.34. The number of aryl methyl sites for hydroxylation is 1. The van der Waals surface area contributed by atoms with Crippen LogP contribution in [-0.2, 0) is 6.42 Å². The molecule has 1 aromatic rings. The summed E-state index contributed by atoms with van der Waals surface area (Å²) in [6.45, 7) is 11.1. The molecule has 0 spiro atoms. The van der Waals surface area contributed by atoms with E-state index in [4.69, 9.17) is 0 Å². The minimum atomic E-state index is 0.115. The fourth-order valence-electron chi connectivity index (χ4n) is 3.32. The molecule has 4 nitrogen and oxygen atoms in total. The Kier molecular flexibility index (Phi) is 6.07. The highest BCUT2D eigenvalue weighted by Gasteiger charge is 2.23. The van der Waals surface area contributed by atoms with Gasteiger partial charge in [0, 0.05) is 25.8 Å². The lowest BCUT2D eigenvalue weighted by Crippen LogP contribution is -2.40. The molecular weight excluding hydrogens is 274 g/mol. The number of aromatic amines is 1. The first kappa shape index (κ1) is 17.1. The van der Waals surface area contributed by atoms with Gasteiger partial charge < -0.3 is 14.8 Å². The number of H-pyrrole nitrogens is 1. The first-order valence-corrected chi connectivity index (χ1v) is 8.65. The van der Waals surface area contributed by atoms with E-state index in [0.29, 0.717) is 5.92 Å². The van der Waals surface area contributed by atoms with E-state index in [1.807, 2.05) is 24.1 Å². The molecule has 124 valence electrons. The number of amides is 1. The van der Waals surface area contributed by atoms with Crippen LogP contribution in [0.3, 0.4) is 0 Å². The van der Waals surface area contributed by atoms with Crippen molar-refractivity contribution < 1.29 is 4.79 Å². The lowest BCUT2D eigenvalue weighted by atomic mass is 9.95. The fraction of sp³-hybridized carbons (Fsp3) is 0.722. The summed E-state index contributed by atoms with van der Waals surface area (Å²) >= 11 is 0. The number of hydrogen-bond donors (Lipinski definition) is 1. The number of carbonyl (C=O) groups excluding carboxylic acids is 1. The van der Waals surface area contributed by atoms with Crippen LogP contribution in [-0.4, -0.2) is 53.9 Å². The Bertz CT molecular complexity index is 472. The Morgan fingerprint density at radius 1 is 1.36 bits per heavy atom. The molecule has 1 amide bonds. The molecule has 0 saturated carbocycles. The van der Waals surface area contributed by atoms with Gasteiger partial charge in [0.05, 0.1) is 0 Å². The third-order valence-corrected chi connectivity index (χ3v) is 4.57. The molecule has 2 rings (SSSR count). The van der Waals surface area contributed by atoms with E-state index in [0.717, 1.165) is 30.3 Å². The molecule has 1 saturated heterocycles. The van der Waals surface area contributed by atoms with Gasteiger partial charge >= 0.3 is 0 Å². The summed E-state index contributed by atoms with van der Waals surface area (Å²) in [5, 5.41) is 0. The zero-order valence-electron chi connectivity index (χ0n) is 14.6. The highest BCUT2D eigenvalue weighted by Crippen LogP contribution is 2.19. The van der Waals surface area contributed by atoms with E-state index >= 15 is 0 Å². The van der Waals surface area contributed by atoms with Crippen LogP contribution >= 0.6 is 0 Å². The molecule has 0 atom stereocenters. The zero-order chi connectivity index (χ0) is 16.1. The molecule has 0 radical (unpaired) electrons. The summed E-state index contributed by atoms with van der Waals surface area (Å²) in [6, 6.07) is 3.91. The number of likely N-dealkylation sites (tertiary alicyclic amines) is 1. The van der Waals surface area contributed by atoms with Crippen LogP contribution in [0.15, 0.2) is 12.1 Å². The molecule has 2 heterocycles. The van der Waals surface area contributed by atoms with Gasteiger partial charge in [0.15, 0.2) is 0 Å².